The lowest BCUT2D eigenvalue weighted by Gasteiger charge is -2.19. The molecule has 0 radical (unpaired) electrons. The van der Waals surface area contributed by atoms with Crippen LogP contribution < -0.4 is 5.32 Å². The summed E-state index contributed by atoms with van der Waals surface area (Å²) in [5.41, 5.74) is -0.618. The summed E-state index contributed by atoms with van der Waals surface area (Å²) in [4.78, 5) is 0. The monoisotopic (exact) mass is 175 g/mol. The topological polar surface area (TPSA) is 41.5 Å². The van der Waals surface area contributed by atoms with Gasteiger partial charge in [-0.05, 0) is 19.8 Å². The SMILES string of the molecule is COCC(C)CNCC(C)(C)O. The molecule has 0 saturated carbocycles. The van der Waals surface area contributed by atoms with Crippen molar-refractivity contribution in [2.45, 2.75) is 26.4 Å². The lowest BCUT2D eigenvalue weighted by molar-refractivity contribution is 0.0766. The van der Waals surface area contributed by atoms with E-state index in [9.17, 15) is 5.11 Å². The molecule has 0 aliphatic carbocycles. The summed E-state index contributed by atoms with van der Waals surface area (Å²) in [6, 6.07) is 0. The Labute approximate surface area is 75.1 Å². The van der Waals surface area contributed by atoms with Crippen LogP contribution in [-0.4, -0.2) is 37.5 Å². The molecule has 0 bridgehead atoms. The molecule has 0 rings (SSSR count). The number of methoxy groups -OCH3 is 1. The van der Waals surface area contributed by atoms with E-state index in [0.29, 0.717) is 12.5 Å². The normalized spacial score (nSPS) is 14.8. The van der Waals surface area contributed by atoms with Gasteiger partial charge in [-0.3, -0.25) is 0 Å². The van der Waals surface area contributed by atoms with E-state index in [1.54, 1.807) is 21.0 Å². The third kappa shape index (κ3) is 7.98. The standard InChI is InChI=1S/C9H21NO2/c1-8(6-12-4)5-10-7-9(2,3)11/h8,10-11H,5-7H2,1-4H3. The molecule has 3 heteroatoms. The van der Waals surface area contributed by atoms with Gasteiger partial charge in [0, 0.05) is 26.8 Å². The van der Waals surface area contributed by atoms with Gasteiger partial charge in [-0.15, -0.1) is 0 Å². The van der Waals surface area contributed by atoms with Crippen LogP contribution in [0.15, 0.2) is 0 Å². The molecule has 74 valence electrons. The molecule has 3 nitrogen and oxygen atoms in total. The second-order valence-electron chi connectivity index (χ2n) is 4.00. The Morgan fingerprint density at radius 2 is 2.08 bits per heavy atom. The molecular weight excluding hydrogens is 154 g/mol. The van der Waals surface area contributed by atoms with Crippen LogP contribution in [0.2, 0.25) is 0 Å². The molecule has 0 aliphatic heterocycles. The lowest BCUT2D eigenvalue weighted by atomic mass is 10.1. The van der Waals surface area contributed by atoms with Gasteiger partial charge in [-0.25, -0.2) is 0 Å². The third-order valence-electron chi connectivity index (χ3n) is 1.50. The first-order chi connectivity index (χ1) is 5.45. The van der Waals surface area contributed by atoms with E-state index in [4.69, 9.17) is 4.74 Å². The largest absolute Gasteiger partial charge is 0.389 e. The van der Waals surface area contributed by atoms with Gasteiger partial charge in [0.15, 0.2) is 0 Å². The van der Waals surface area contributed by atoms with Gasteiger partial charge in [0.1, 0.15) is 0 Å². The van der Waals surface area contributed by atoms with Gasteiger partial charge in [0.05, 0.1) is 5.60 Å². The fraction of sp³-hybridized carbons (Fsp3) is 1.00. The minimum Gasteiger partial charge on any atom is -0.389 e. The predicted octanol–water partition coefficient (Wildman–Crippen LogP) is 0.629. The molecule has 1 unspecified atom stereocenters. The average molecular weight is 175 g/mol. The van der Waals surface area contributed by atoms with Crippen LogP contribution in [0, 0.1) is 5.92 Å². The zero-order valence-corrected chi connectivity index (χ0v) is 8.55. The Morgan fingerprint density at radius 3 is 2.50 bits per heavy atom. The first-order valence-corrected chi connectivity index (χ1v) is 4.38. The number of ether oxygens (including phenoxy) is 1. The Morgan fingerprint density at radius 1 is 1.50 bits per heavy atom. The van der Waals surface area contributed by atoms with Crippen LogP contribution in [0.3, 0.4) is 0 Å². The molecule has 2 N–H and O–H groups in total. The molecule has 0 amide bonds. The maximum Gasteiger partial charge on any atom is 0.0715 e. The fourth-order valence-electron chi connectivity index (χ4n) is 0.968. The molecule has 12 heavy (non-hydrogen) atoms. The second kappa shape index (κ2) is 5.51. The van der Waals surface area contributed by atoms with E-state index in [0.717, 1.165) is 13.2 Å². The van der Waals surface area contributed by atoms with E-state index in [2.05, 4.69) is 12.2 Å². The number of nitrogens with one attached hydrogen (secondary N) is 1. The highest BCUT2D eigenvalue weighted by Gasteiger charge is 2.11. The zero-order chi connectivity index (χ0) is 9.61. The summed E-state index contributed by atoms with van der Waals surface area (Å²) in [6.07, 6.45) is 0. The summed E-state index contributed by atoms with van der Waals surface area (Å²) in [5.74, 6) is 0.498. The van der Waals surface area contributed by atoms with Gasteiger partial charge in [0.25, 0.3) is 0 Å². The molecule has 0 aromatic rings. The van der Waals surface area contributed by atoms with E-state index in [1.807, 2.05) is 0 Å². The summed E-state index contributed by atoms with van der Waals surface area (Å²) < 4.78 is 4.98. The Bertz CT molecular complexity index is 110. The van der Waals surface area contributed by atoms with Crippen LogP contribution in [-0.2, 0) is 4.74 Å². The highest BCUT2D eigenvalue weighted by atomic mass is 16.5. The van der Waals surface area contributed by atoms with Crippen LogP contribution in [0.25, 0.3) is 0 Å². The van der Waals surface area contributed by atoms with Gasteiger partial charge in [0.2, 0.25) is 0 Å². The number of aliphatic hydroxyl groups is 1. The van der Waals surface area contributed by atoms with E-state index < -0.39 is 5.60 Å². The number of hydrogen-bond acceptors (Lipinski definition) is 3. The Hall–Kier alpha value is -0.120. The highest BCUT2D eigenvalue weighted by molar-refractivity contribution is 4.69. The number of hydrogen-bond donors (Lipinski definition) is 2. The van der Waals surface area contributed by atoms with Gasteiger partial charge in [-0.1, -0.05) is 6.92 Å². The predicted molar refractivity (Wildman–Crippen MR) is 50.2 cm³/mol. The highest BCUT2D eigenvalue weighted by Crippen LogP contribution is 1.98. The van der Waals surface area contributed by atoms with Crippen molar-refractivity contribution in [3.05, 3.63) is 0 Å². The van der Waals surface area contributed by atoms with Crippen molar-refractivity contribution in [3.8, 4) is 0 Å². The molecule has 0 saturated heterocycles. The third-order valence-corrected chi connectivity index (χ3v) is 1.50. The number of rotatable bonds is 6. The quantitative estimate of drug-likeness (QED) is 0.622. The van der Waals surface area contributed by atoms with Gasteiger partial charge < -0.3 is 15.2 Å². The van der Waals surface area contributed by atoms with Crippen molar-refractivity contribution in [2.75, 3.05) is 26.8 Å². The second-order valence-corrected chi connectivity index (χ2v) is 4.00. The zero-order valence-electron chi connectivity index (χ0n) is 8.55. The lowest BCUT2D eigenvalue weighted by Crippen LogP contribution is -2.37. The van der Waals surface area contributed by atoms with E-state index in [1.165, 1.54) is 0 Å². The summed E-state index contributed by atoms with van der Waals surface area (Å²) in [5, 5.41) is 12.5. The van der Waals surface area contributed by atoms with E-state index >= 15 is 0 Å². The van der Waals surface area contributed by atoms with Crippen LogP contribution >= 0.6 is 0 Å². The van der Waals surface area contributed by atoms with E-state index in [-0.39, 0.29) is 0 Å². The maximum absolute atomic E-state index is 9.37. The minimum atomic E-state index is -0.618. The van der Waals surface area contributed by atoms with Crippen LogP contribution in [0.5, 0.6) is 0 Å². The van der Waals surface area contributed by atoms with Gasteiger partial charge >= 0.3 is 0 Å². The first-order valence-electron chi connectivity index (χ1n) is 4.38. The Kier molecular flexibility index (Phi) is 5.46. The van der Waals surface area contributed by atoms with Crippen molar-refractivity contribution in [1.82, 2.24) is 5.32 Å². The van der Waals surface area contributed by atoms with Crippen LogP contribution in [0.1, 0.15) is 20.8 Å². The first kappa shape index (κ1) is 11.9. The molecule has 1 atom stereocenters. The minimum absolute atomic E-state index is 0.498. The molecule has 0 spiro atoms. The average Bonchev–Trinajstić information content (AvgIpc) is 1.84. The molecule has 0 aromatic heterocycles. The molecule has 0 aromatic carbocycles. The van der Waals surface area contributed by atoms with Crippen LogP contribution in [0.4, 0.5) is 0 Å². The van der Waals surface area contributed by atoms with Crippen molar-refractivity contribution >= 4 is 0 Å². The molecule has 0 aliphatic rings. The maximum atomic E-state index is 9.37. The van der Waals surface area contributed by atoms with Gasteiger partial charge in [-0.2, -0.15) is 0 Å². The Balaban J connectivity index is 3.31. The van der Waals surface area contributed by atoms with Crippen molar-refractivity contribution in [2.24, 2.45) is 5.92 Å². The van der Waals surface area contributed by atoms with Crippen molar-refractivity contribution in [1.29, 1.82) is 0 Å². The van der Waals surface area contributed by atoms with Crippen molar-refractivity contribution < 1.29 is 9.84 Å². The summed E-state index contributed by atoms with van der Waals surface area (Å²) >= 11 is 0. The smallest absolute Gasteiger partial charge is 0.0715 e. The van der Waals surface area contributed by atoms with Crippen molar-refractivity contribution in [3.63, 3.8) is 0 Å². The fourth-order valence-corrected chi connectivity index (χ4v) is 0.968. The summed E-state index contributed by atoms with van der Waals surface area (Å²) in [7, 11) is 1.70. The summed E-state index contributed by atoms with van der Waals surface area (Å²) in [6.45, 7) is 7.97. The molecule has 0 heterocycles. The molecule has 0 fully saturated rings. The molecular formula is C9H21NO2.